The Hall–Kier alpha value is -3.22. The summed E-state index contributed by atoms with van der Waals surface area (Å²) in [6, 6.07) is 13.8. The lowest BCUT2D eigenvalue weighted by Crippen LogP contribution is -2.45. The summed E-state index contributed by atoms with van der Waals surface area (Å²) >= 11 is 0. The number of piperidine rings is 1. The molecule has 4 rings (SSSR count). The number of benzene rings is 1. The number of halogens is 1. The van der Waals surface area contributed by atoms with Crippen LogP contribution in [0.25, 0.3) is 0 Å². The van der Waals surface area contributed by atoms with E-state index in [0.717, 1.165) is 37.4 Å². The molecule has 1 atom stereocenters. The van der Waals surface area contributed by atoms with Gasteiger partial charge in [-0.05, 0) is 55.2 Å². The van der Waals surface area contributed by atoms with Crippen LogP contribution in [0.1, 0.15) is 24.8 Å². The first-order chi connectivity index (χ1) is 14.2. The minimum absolute atomic E-state index is 0.193. The van der Waals surface area contributed by atoms with E-state index in [-0.39, 0.29) is 24.0 Å². The molecule has 1 aliphatic rings. The maximum atomic E-state index is 13.5. The van der Waals surface area contributed by atoms with E-state index in [9.17, 15) is 9.18 Å². The quantitative estimate of drug-likeness (QED) is 0.696. The number of hydrogen-bond acceptors (Lipinski definition) is 5. The second-order valence-corrected chi connectivity index (χ2v) is 7.28. The molecule has 150 valence electrons. The van der Waals surface area contributed by atoms with Crippen LogP contribution in [0.2, 0.25) is 0 Å². The van der Waals surface area contributed by atoms with Crippen LogP contribution in [0.3, 0.4) is 0 Å². The fourth-order valence-corrected chi connectivity index (χ4v) is 3.73. The summed E-state index contributed by atoms with van der Waals surface area (Å²) in [7, 11) is 0. The molecule has 0 amide bonds. The predicted octanol–water partition coefficient (Wildman–Crippen LogP) is 3.30. The Bertz CT molecular complexity index is 1010. The van der Waals surface area contributed by atoms with Crippen molar-refractivity contribution in [2.45, 2.75) is 31.8 Å². The maximum absolute atomic E-state index is 13.5. The smallest absolute Gasteiger partial charge is 0.267 e. The Kier molecular flexibility index (Phi) is 5.84. The van der Waals surface area contributed by atoms with E-state index in [2.05, 4.69) is 20.3 Å². The molecule has 3 heterocycles. The zero-order valence-electron chi connectivity index (χ0n) is 16.2. The maximum Gasteiger partial charge on any atom is 0.267 e. The monoisotopic (exact) mass is 393 g/mol. The van der Waals surface area contributed by atoms with Crippen LogP contribution in [0.15, 0.2) is 65.7 Å². The predicted molar refractivity (Wildman–Crippen MR) is 112 cm³/mol. The largest absolute Gasteiger partial charge is 0.383 e. The van der Waals surface area contributed by atoms with Crippen molar-refractivity contribution in [1.29, 1.82) is 0 Å². The number of pyridine rings is 1. The average Bonchev–Trinajstić information content (AvgIpc) is 2.75. The van der Waals surface area contributed by atoms with E-state index < -0.39 is 0 Å². The number of nitrogens with one attached hydrogen (secondary N) is 1. The normalized spacial score (nSPS) is 16.6. The van der Waals surface area contributed by atoms with Crippen molar-refractivity contribution < 1.29 is 4.39 Å². The number of hydrogen-bond donors (Lipinski definition) is 1. The lowest BCUT2D eigenvalue weighted by Gasteiger charge is -2.37. The SMILES string of the molecule is O=c1ccc(N2CCCCC2CNc2ccncc2)nn1Cc1cccc(F)c1. The lowest BCUT2D eigenvalue weighted by atomic mass is 10.0. The van der Waals surface area contributed by atoms with Gasteiger partial charge in [0.05, 0.1) is 6.54 Å². The summed E-state index contributed by atoms with van der Waals surface area (Å²) in [6.45, 7) is 1.93. The van der Waals surface area contributed by atoms with Crippen molar-refractivity contribution in [3.05, 3.63) is 82.7 Å². The average molecular weight is 393 g/mol. The lowest BCUT2D eigenvalue weighted by molar-refractivity contribution is 0.463. The highest BCUT2D eigenvalue weighted by atomic mass is 19.1. The topological polar surface area (TPSA) is 63.1 Å². The number of anilines is 2. The molecular weight excluding hydrogens is 369 g/mol. The van der Waals surface area contributed by atoms with Gasteiger partial charge in [0.25, 0.3) is 5.56 Å². The van der Waals surface area contributed by atoms with Gasteiger partial charge < -0.3 is 10.2 Å². The highest BCUT2D eigenvalue weighted by molar-refractivity contribution is 5.43. The molecule has 3 aromatic rings. The Morgan fingerprint density at radius 3 is 2.79 bits per heavy atom. The van der Waals surface area contributed by atoms with Gasteiger partial charge >= 0.3 is 0 Å². The summed E-state index contributed by atoms with van der Waals surface area (Å²) in [5.74, 6) is 0.465. The highest BCUT2D eigenvalue weighted by Crippen LogP contribution is 2.23. The molecule has 1 saturated heterocycles. The third-order valence-electron chi connectivity index (χ3n) is 5.22. The van der Waals surface area contributed by atoms with Crippen LogP contribution < -0.4 is 15.8 Å². The third-order valence-corrected chi connectivity index (χ3v) is 5.22. The third kappa shape index (κ3) is 4.80. The molecule has 1 N–H and O–H groups in total. The molecule has 0 saturated carbocycles. The number of aromatic nitrogens is 3. The molecule has 0 bridgehead atoms. The summed E-state index contributed by atoms with van der Waals surface area (Å²) in [6.07, 6.45) is 6.86. The van der Waals surface area contributed by atoms with Gasteiger partial charge in [0.15, 0.2) is 0 Å². The summed E-state index contributed by atoms with van der Waals surface area (Å²) < 4.78 is 14.9. The minimum atomic E-state index is -0.315. The van der Waals surface area contributed by atoms with E-state index in [1.165, 1.54) is 23.2 Å². The van der Waals surface area contributed by atoms with Crippen LogP contribution in [0, 0.1) is 5.82 Å². The molecule has 0 radical (unpaired) electrons. The first-order valence-corrected chi connectivity index (χ1v) is 9.92. The Morgan fingerprint density at radius 2 is 1.97 bits per heavy atom. The van der Waals surface area contributed by atoms with E-state index in [1.54, 1.807) is 36.7 Å². The Labute approximate surface area is 169 Å². The van der Waals surface area contributed by atoms with E-state index in [0.29, 0.717) is 5.56 Å². The van der Waals surface area contributed by atoms with Crippen molar-refractivity contribution in [3.8, 4) is 0 Å². The molecule has 1 aliphatic heterocycles. The molecular formula is C22H24FN5O. The van der Waals surface area contributed by atoms with Crippen LogP contribution >= 0.6 is 0 Å². The minimum Gasteiger partial charge on any atom is -0.383 e. The molecule has 0 spiro atoms. The molecule has 2 aromatic heterocycles. The van der Waals surface area contributed by atoms with Gasteiger partial charge in [-0.1, -0.05) is 12.1 Å². The molecule has 0 aliphatic carbocycles. The van der Waals surface area contributed by atoms with Gasteiger partial charge in [0.1, 0.15) is 11.6 Å². The first kappa shape index (κ1) is 19.1. The summed E-state index contributed by atoms with van der Waals surface area (Å²) in [5, 5.41) is 8.06. The van der Waals surface area contributed by atoms with E-state index >= 15 is 0 Å². The molecule has 1 fully saturated rings. The van der Waals surface area contributed by atoms with Gasteiger partial charge in [-0.2, -0.15) is 5.10 Å². The van der Waals surface area contributed by atoms with Crippen molar-refractivity contribution in [1.82, 2.24) is 14.8 Å². The highest BCUT2D eigenvalue weighted by Gasteiger charge is 2.24. The number of nitrogens with zero attached hydrogens (tertiary/aromatic N) is 4. The second kappa shape index (κ2) is 8.86. The van der Waals surface area contributed by atoms with Gasteiger partial charge in [0, 0.05) is 43.3 Å². The molecule has 6 nitrogen and oxygen atoms in total. The number of rotatable bonds is 6. The molecule has 29 heavy (non-hydrogen) atoms. The molecule has 1 unspecified atom stereocenters. The van der Waals surface area contributed by atoms with Gasteiger partial charge in [0.2, 0.25) is 0 Å². The molecule has 1 aromatic carbocycles. The zero-order chi connectivity index (χ0) is 20.1. The van der Waals surface area contributed by atoms with Crippen molar-refractivity contribution in [2.24, 2.45) is 0 Å². The van der Waals surface area contributed by atoms with E-state index in [1.807, 2.05) is 12.1 Å². The summed E-state index contributed by atoms with van der Waals surface area (Å²) in [5.41, 5.74) is 1.56. The van der Waals surface area contributed by atoms with Crippen molar-refractivity contribution in [2.75, 3.05) is 23.3 Å². The summed E-state index contributed by atoms with van der Waals surface area (Å²) in [4.78, 5) is 18.6. The van der Waals surface area contributed by atoms with Crippen molar-refractivity contribution >= 4 is 11.5 Å². The van der Waals surface area contributed by atoms with Gasteiger partial charge in [-0.15, -0.1) is 0 Å². The zero-order valence-corrected chi connectivity index (χ0v) is 16.2. The second-order valence-electron chi connectivity index (χ2n) is 7.28. The van der Waals surface area contributed by atoms with Crippen LogP contribution in [-0.4, -0.2) is 33.9 Å². The van der Waals surface area contributed by atoms with Crippen LogP contribution in [0.5, 0.6) is 0 Å². The van der Waals surface area contributed by atoms with E-state index in [4.69, 9.17) is 0 Å². The van der Waals surface area contributed by atoms with Crippen LogP contribution in [0.4, 0.5) is 15.9 Å². The fraction of sp³-hybridized carbons (Fsp3) is 0.318. The van der Waals surface area contributed by atoms with Crippen LogP contribution in [-0.2, 0) is 6.54 Å². The standard InChI is InChI=1S/C22H24FN5O/c23-18-5-3-4-17(14-18)16-28-22(29)8-7-21(26-28)27-13-2-1-6-20(27)15-25-19-9-11-24-12-10-19/h3-5,7-12,14,20H,1-2,6,13,15-16H2,(H,24,25). The Balaban J connectivity index is 1.53. The molecule has 7 heteroatoms. The van der Waals surface area contributed by atoms with Gasteiger partial charge in [-0.25, -0.2) is 9.07 Å². The first-order valence-electron chi connectivity index (χ1n) is 9.92. The fourth-order valence-electron chi connectivity index (χ4n) is 3.73. The van der Waals surface area contributed by atoms with Crippen molar-refractivity contribution in [3.63, 3.8) is 0 Å². The Morgan fingerprint density at radius 1 is 1.10 bits per heavy atom. The van der Waals surface area contributed by atoms with Gasteiger partial charge in [-0.3, -0.25) is 9.78 Å².